The third-order valence-corrected chi connectivity index (χ3v) is 4.02. The summed E-state index contributed by atoms with van der Waals surface area (Å²) in [5, 5.41) is 0. The van der Waals surface area contributed by atoms with Crippen molar-refractivity contribution in [1.29, 1.82) is 0 Å². The lowest BCUT2D eigenvalue weighted by Crippen LogP contribution is -2.36. The molecule has 0 fully saturated rings. The second-order valence-electron chi connectivity index (χ2n) is 6.05. The maximum Gasteiger partial charge on any atom is 0.433 e. The molecule has 1 aromatic heterocycles. The number of halogens is 9. The molecule has 32 heavy (non-hydrogen) atoms. The third kappa shape index (κ3) is 4.96. The maximum absolute atomic E-state index is 13.6. The second-order valence-corrected chi connectivity index (χ2v) is 6.05. The summed E-state index contributed by atoms with van der Waals surface area (Å²) < 4.78 is 124. The molecule has 176 valence electrons. The Morgan fingerprint density at radius 2 is 1.59 bits per heavy atom. The molecule has 15 heteroatoms. The van der Waals surface area contributed by atoms with Crippen molar-refractivity contribution in [1.82, 2.24) is 9.55 Å². The monoisotopic (exact) mass is 477 g/mol. The van der Waals surface area contributed by atoms with E-state index in [1.54, 1.807) is 0 Å². The fraction of sp³-hybridized carbons (Fsp3) is 0.353. The zero-order valence-corrected chi connectivity index (χ0v) is 16.0. The number of nitrogens with zero attached hydrogens (tertiary/aromatic N) is 3. The molecule has 2 aromatic rings. The molecule has 0 aliphatic carbocycles. The molecule has 0 atom stereocenters. The Morgan fingerprint density at radius 3 is 2.03 bits per heavy atom. The van der Waals surface area contributed by atoms with Crippen LogP contribution >= 0.6 is 0 Å². The van der Waals surface area contributed by atoms with Crippen LogP contribution in [0.15, 0.2) is 29.1 Å². The van der Waals surface area contributed by atoms with Crippen molar-refractivity contribution >= 4 is 17.7 Å². The number of benzene rings is 1. The maximum atomic E-state index is 13.6. The van der Waals surface area contributed by atoms with Crippen LogP contribution in [0.4, 0.5) is 55.9 Å². The molecule has 2 rings (SSSR count). The smallest absolute Gasteiger partial charge is 0.433 e. The van der Waals surface area contributed by atoms with E-state index in [9.17, 15) is 49.1 Å². The Morgan fingerprint density at radius 1 is 1.00 bits per heavy atom. The number of amides is 1. The van der Waals surface area contributed by atoms with Crippen molar-refractivity contribution in [2.75, 3.05) is 12.0 Å². The number of alkyl halides is 9. The van der Waals surface area contributed by atoms with Gasteiger partial charge in [0.1, 0.15) is 0 Å². The van der Waals surface area contributed by atoms with Gasteiger partial charge in [-0.05, 0) is 25.1 Å². The van der Waals surface area contributed by atoms with Crippen LogP contribution in [-0.4, -0.2) is 22.8 Å². The topological polar surface area (TPSA) is 64.4 Å². The number of ether oxygens (including phenoxy) is 1. The number of methoxy groups -OCH3 is 1. The summed E-state index contributed by atoms with van der Waals surface area (Å²) in [5.74, 6) is -1.23. The van der Waals surface area contributed by atoms with Gasteiger partial charge in [0.05, 0.1) is 23.9 Å². The summed E-state index contributed by atoms with van der Waals surface area (Å²) in [6, 6.07) is 0.130. The molecule has 6 nitrogen and oxygen atoms in total. The largest absolute Gasteiger partial charge is 0.452 e. The lowest BCUT2D eigenvalue weighted by Gasteiger charge is -2.27. The zero-order valence-electron chi connectivity index (χ0n) is 16.0. The molecular weight excluding hydrogens is 465 g/mol. The van der Waals surface area contributed by atoms with E-state index in [0.717, 1.165) is 0 Å². The highest BCUT2D eigenvalue weighted by molar-refractivity contribution is 5.95. The van der Waals surface area contributed by atoms with Crippen LogP contribution in [0.5, 0.6) is 0 Å². The number of hydrogen-bond acceptors (Lipinski definition) is 4. The van der Waals surface area contributed by atoms with Crippen LogP contribution in [0.25, 0.3) is 0 Å². The number of carbonyl (C=O) groups is 1. The first-order chi connectivity index (χ1) is 14.5. The first kappa shape index (κ1) is 25.0. The van der Waals surface area contributed by atoms with Gasteiger partial charge in [0, 0.05) is 12.6 Å². The van der Waals surface area contributed by atoms with Gasteiger partial charge < -0.3 is 4.74 Å². The summed E-state index contributed by atoms with van der Waals surface area (Å²) in [6.45, 7) is 0.765. The van der Waals surface area contributed by atoms with Crippen LogP contribution < -0.4 is 10.5 Å². The fourth-order valence-electron chi connectivity index (χ4n) is 2.62. The van der Waals surface area contributed by atoms with E-state index < -0.39 is 65.2 Å². The number of rotatable bonds is 3. The summed E-state index contributed by atoms with van der Waals surface area (Å²) in [5.41, 5.74) is -8.29. The minimum atomic E-state index is -5.48. The minimum absolute atomic E-state index is 0.0554. The molecule has 0 N–H and O–H groups in total. The first-order valence-electron chi connectivity index (χ1n) is 8.38. The first-order valence-corrected chi connectivity index (χ1v) is 8.38. The van der Waals surface area contributed by atoms with Gasteiger partial charge in [-0.2, -0.15) is 39.5 Å². The Kier molecular flexibility index (Phi) is 6.52. The van der Waals surface area contributed by atoms with Crippen molar-refractivity contribution in [2.45, 2.75) is 32.0 Å². The molecule has 0 spiro atoms. The molecule has 0 saturated carbocycles. The van der Waals surface area contributed by atoms with Crippen LogP contribution in [0.3, 0.4) is 0 Å². The zero-order chi connectivity index (χ0) is 24.6. The summed E-state index contributed by atoms with van der Waals surface area (Å²) in [4.78, 5) is 27.4. The number of hydrogen-bond donors (Lipinski definition) is 0. The number of carbonyl (C=O) groups excluding carboxylic acids is 1. The summed E-state index contributed by atoms with van der Waals surface area (Å²) in [6.07, 6.45) is -17.6. The van der Waals surface area contributed by atoms with Crippen LogP contribution in [0.2, 0.25) is 0 Å². The highest BCUT2D eigenvalue weighted by atomic mass is 19.4. The Bertz CT molecular complexity index is 1070. The SMILES string of the molecule is CCn1c(N(C(=O)OC)c2ccc(C(F)(F)F)cc2C(F)(F)F)nc(C(F)(F)F)cc1=O. The van der Waals surface area contributed by atoms with Crippen molar-refractivity contribution in [3.8, 4) is 0 Å². The molecule has 0 aliphatic heterocycles. The van der Waals surface area contributed by atoms with Crippen molar-refractivity contribution in [2.24, 2.45) is 0 Å². The van der Waals surface area contributed by atoms with E-state index in [2.05, 4.69) is 9.72 Å². The molecule has 1 amide bonds. The van der Waals surface area contributed by atoms with E-state index in [4.69, 9.17) is 0 Å². The lowest BCUT2D eigenvalue weighted by atomic mass is 10.1. The third-order valence-electron chi connectivity index (χ3n) is 4.02. The van der Waals surface area contributed by atoms with Gasteiger partial charge in [-0.15, -0.1) is 0 Å². The van der Waals surface area contributed by atoms with Crippen LogP contribution in [0.1, 0.15) is 23.7 Å². The fourth-order valence-corrected chi connectivity index (χ4v) is 2.62. The molecule has 1 aromatic carbocycles. The Balaban J connectivity index is 2.96. The van der Waals surface area contributed by atoms with E-state index in [1.807, 2.05) is 0 Å². The molecule has 0 aliphatic rings. The van der Waals surface area contributed by atoms with E-state index in [0.29, 0.717) is 11.7 Å². The van der Waals surface area contributed by atoms with Gasteiger partial charge in [0.15, 0.2) is 5.69 Å². The Labute approximate surface area is 172 Å². The molecule has 0 saturated heterocycles. The predicted octanol–water partition coefficient (Wildman–Crippen LogP) is 5.22. The number of aromatic nitrogens is 2. The average Bonchev–Trinajstić information content (AvgIpc) is 2.65. The Hall–Kier alpha value is -3.26. The highest BCUT2D eigenvalue weighted by Gasteiger charge is 2.42. The van der Waals surface area contributed by atoms with E-state index in [1.165, 1.54) is 6.92 Å². The summed E-state index contributed by atoms with van der Waals surface area (Å²) >= 11 is 0. The average molecular weight is 477 g/mol. The molecule has 0 radical (unpaired) electrons. The van der Waals surface area contributed by atoms with Gasteiger partial charge in [-0.1, -0.05) is 0 Å². The quantitative estimate of drug-likeness (QED) is 0.569. The highest BCUT2D eigenvalue weighted by Crippen LogP contribution is 2.42. The van der Waals surface area contributed by atoms with Gasteiger partial charge in [-0.25, -0.2) is 14.7 Å². The molecule has 1 heterocycles. The standard InChI is InChI=1S/C17H12F9N3O3/c1-3-28-12(30)7-11(17(24,25)26)27-13(28)29(14(31)32-2)10-5-4-8(15(18,19)20)6-9(10)16(21,22)23/h4-7H,3H2,1-2H3. The van der Waals surface area contributed by atoms with E-state index >= 15 is 0 Å². The van der Waals surface area contributed by atoms with Crippen molar-refractivity contribution in [3.05, 3.63) is 51.4 Å². The normalized spacial score (nSPS) is 12.6. The molecule has 0 unspecified atom stereocenters. The predicted molar refractivity (Wildman–Crippen MR) is 90.2 cm³/mol. The van der Waals surface area contributed by atoms with Gasteiger partial charge in [-0.3, -0.25) is 9.36 Å². The minimum Gasteiger partial charge on any atom is -0.452 e. The van der Waals surface area contributed by atoms with Crippen LogP contribution in [-0.2, 0) is 29.8 Å². The van der Waals surface area contributed by atoms with Gasteiger partial charge in [0.2, 0.25) is 5.95 Å². The van der Waals surface area contributed by atoms with Gasteiger partial charge in [0.25, 0.3) is 5.56 Å². The van der Waals surface area contributed by atoms with Crippen molar-refractivity contribution < 1.29 is 49.0 Å². The molecule has 0 bridgehead atoms. The van der Waals surface area contributed by atoms with Crippen LogP contribution in [0, 0.1) is 0 Å². The number of anilines is 2. The van der Waals surface area contributed by atoms with Crippen molar-refractivity contribution in [3.63, 3.8) is 0 Å². The molecular formula is C17H12F9N3O3. The lowest BCUT2D eigenvalue weighted by molar-refractivity contribution is -0.143. The van der Waals surface area contributed by atoms with E-state index in [-0.39, 0.29) is 29.2 Å². The second kappa shape index (κ2) is 8.35. The summed E-state index contributed by atoms with van der Waals surface area (Å²) in [7, 11) is 0.661. The van der Waals surface area contributed by atoms with Gasteiger partial charge >= 0.3 is 24.6 Å².